The number of likely N-dealkylation sites (tertiary alicyclic amines) is 1. The number of piperidine rings is 1. The number of nitrogens with zero attached hydrogens (tertiary/aromatic N) is 2. The lowest BCUT2D eigenvalue weighted by atomic mass is 9.79. The molecule has 3 nitrogen and oxygen atoms in total. The second kappa shape index (κ2) is 11.0. The first-order valence-electron chi connectivity index (χ1n) is 11.2. The second-order valence-corrected chi connectivity index (χ2v) is 9.26. The number of benzene rings is 3. The molecule has 0 N–H and O–H groups in total. The van der Waals surface area contributed by atoms with Gasteiger partial charge in [-0.15, -0.1) is 6.58 Å². The molecular weight excluding hydrogens is 451 g/mol. The summed E-state index contributed by atoms with van der Waals surface area (Å²) < 4.78 is 0. The minimum Gasteiger partial charge on any atom is -0.391 e. The lowest BCUT2D eigenvalue weighted by Crippen LogP contribution is -2.44. The van der Waals surface area contributed by atoms with Crippen LogP contribution in [0.1, 0.15) is 42.1 Å². The lowest BCUT2D eigenvalue weighted by molar-refractivity contribution is 0.0941. The van der Waals surface area contributed by atoms with Crippen molar-refractivity contribution >= 4 is 28.9 Å². The highest BCUT2D eigenvalue weighted by molar-refractivity contribution is 6.30. The number of halogens is 2. The summed E-state index contributed by atoms with van der Waals surface area (Å²) in [6, 6.07) is 26.5. The van der Waals surface area contributed by atoms with E-state index in [2.05, 4.69) is 47.8 Å². The molecule has 1 saturated heterocycles. The zero-order chi connectivity index (χ0) is 23.2. The predicted octanol–water partition coefficient (Wildman–Crippen LogP) is 7.88. The van der Waals surface area contributed by atoms with Crippen LogP contribution in [-0.4, -0.2) is 17.2 Å². The first kappa shape index (κ1) is 23.6. The molecule has 1 fully saturated rings. The third-order valence-corrected chi connectivity index (χ3v) is 6.73. The fourth-order valence-electron chi connectivity index (χ4n) is 4.57. The van der Waals surface area contributed by atoms with Gasteiger partial charge in [0.15, 0.2) is 0 Å². The van der Waals surface area contributed by atoms with Crippen LogP contribution in [0.25, 0.3) is 0 Å². The van der Waals surface area contributed by atoms with Crippen molar-refractivity contribution in [2.24, 2.45) is 11.1 Å². The van der Waals surface area contributed by atoms with Crippen LogP contribution in [-0.2, 0) is 11.4 Å². The average molecular weight is 479 g/mol. The first-order valence-corrected chi connectivity index (χ1v) is 11.9. The second-order valence-electron chi connectivity index (χ2n) is 8.38. The highest BCUT2D eigenvalue weighted by Crippen LogP contribution is 2.44. The van der Waals surface area contributed by atoms with Crippen molar-refractivity contribution in [1.29, 1.82) is 0 Å². The Balaban J connectivity index is 1.69. The molecule has 4 rings (SSSR count). The molecule has 0 saturated carbocycles. The smallest absolute Gasteiger partial charge is 0.142 e. The van der Waals surface area contributed by atoms with Crippen molar-refractivity contribution in [2.45, 2.75) is 32.0 Å². The Morgan fingerprint density at radius 3 is 2.15 bits per heavy atom. The fraction of sp³-hybridized carbons (Fsp3) is 0.250. The van der Waals surface area contributed by atoms with Crippen LogP contribution in [0, 0.1) is 5.92 Å². The Bertz CT molecular complexity index is 1080. The van der Waals surface area contributed by atoms with Crippen molar-refractivity contribution in [3.05, 3.63) is 118 Å². The molecule has 1 heterocycles. The predicted molar refractivity (Wildman–Crippen MR) is 138 cm³/mol. The molecular formula is C28H28Cl2N2O. The Morgan fingerprint density at radius 2 is 1.55 bits per heavy atom. The van der Waals surface area contributed by atoms with E-state index in [1.54, 1.807) is 0 Å². The summed E-state index contributed by atoms with van der Waals surface area (Å²) >= 11 is 12.4. The van der Waals surface area contributed by atoms with Crippen LogP contribution in [0.5, 0.6) is 0 Å². The summed E-state index contributed by atoms with van der Waals surface area (Å²) in [5, 5.41) is 6.11. The van der Waals surface area contributed by atoms with Crippen LogP contribution in [0.2, 0.25) is 10.0 Å². The van der Waals surface area contributed by atoms with Crippen LogP contribution < -0.4 is 0 Å². The zero-order valence-electron chi connectivity index (χ0n) is 18.7. The molecule has 0 aliphatic carbocycles. The molecule has 0 radical (unpaired) electrons. The van der Waals surface area contributed by atoms with Crippen molar-refractivity contribution in [2.75, 3.05) is 6.54 Å². The van der Waals surface area contributed by atoms with Gasteiger partial charge in [-0.25, -0.2) is 0 Å². The van der Waals surface area contributed by atoms with E-state index >= 15 is 0 Å². The molecule has 170 valence electrons. The number of oxime groups is 1. The first-order chi connectivity index (χ1) is 16.1. The van der Waals surface area contributed by atoms with E-state index in [9.17, 15) is 0 Å². The van der Waals surface area contributed by atoms with Crippen LogP contribution in [0.15, 0.2) is 96.7 Å². The van der Waals surface area contributed by atoms with Gasteiger partial charge in [-0.1, -0.05) is 96.0 Å². The molecule has 0 aromatic heterocycles. The molecule has 33 heavy (non-hydrogen) atoms. The molecule has 3 unspecified atom stereocenters. The molecule has 3 aromatic rings. The van der Waals surface area contributed by atoms with Crippen molar-refractivity contribution in [3.63, 3.8) is 0 Å². The molecule has 1 aliphatic rings. The van der Waals surface area contributed by atoms with E-state index in [0.717, 1.165) is 34.3 Å². The van der Waals surface area contributed by atoms with Gasteiger partial charge in [-0.3, -0.25) is 4.90 Å². The topological polar surface area (TPSA) is 24.8 Å². The van der Waals surface area contributed by atoms with E-state index in [0.29, 0.717) is 6.61 Å². The van der Waals surface area contributed by atoms with Gasteiger partial charge in [-0.05, 0) is 41.0 Å². The summed E-state index contributed by atoms with van der Waals surface area (Å²) in [6.45, 7) is 7.45. The maximum atomic E-state index is 6.19. The summed E-state index contributed by atoms with van der Waals surface area (Å²) in [5.41, 5.74) is 4.54. The van der Waals surface area contributed by atoms with Gasteiger partial charge in [-0.2, -0.15) is 0 Å². The van der Waals surface area contributed by atoms with E-state index in [-0.39, 0.29) is 18.0 Å². The van der Waals surface area contributed by atoms with Gasteiger partial charge >= 0.3 is 0 Å². The van der Waals surface area contributed by atoms with E-state index in [1.165, 1.54) is 11.1 Å². The van der Waals surface area contributed by atoms with Gasteiger partial charge in [0.2, 0.25) is 0 Å². The average Bonchev–Trinajstić information content (AvgIpc) is 2.83. The molecule has 5 heteroatoms. The van der Waals surface area contributed by atoms with Crippen molar-refractivity contribution < 1.29 is 4.84 Å². The summed E-state index contributed by atoms with van der Waals surface area (Å²) in [4.78, 5) is 8.32. The van der Waals surface area contributed by atoms with Gasteiger partial charge in [0.1, 0.15) is 6.61 Å². The highest BCUT2D eigenvalue weighted by Gasteiger charge is 2.40. The van der Waals surface area contributed by atoms with E-state index in [1.807, 2.05) is 60.7 Å². The van der Waals surface area contributed by atoms with Gasteiger partial charge in [0.05, 0.1) is 5.71 Å². The number of hydrogen-bond donors (Lipinski definition) is 0. The fourth-order valence-corrected chi connectivity index (χ4v) is 4.83. The van der Waals surface area contributed by atoms with Crippen LogP contribution in [0.3, 0.4) is 0 Å². The molecule has 0 spiro atoms. The maximum Gasteiger partial charge on any atom is 0.142 e. The quantitative estimate of drug-likeness (QED) is 0.254. The number of hydrogen-bond acceptors (Lipinski definition) is 3. The minimum absolute atomic E-state index is 0.105. The Labute approximate surface area is 206 Å². The third kappa shape index (κ3) is 5.67. The number of rotatable bonds is 7. The third-order valence-electron chi connectivity index (χ3n) is 6.22. The zero-order valence-corrected chi connectivity index (χ0v) is 20.2. The van der Waals surface area contributed by atoms with Crippen LogP contribution >= 0.6 is 23.2 Å². The largest absolute Gasteiger partial charge is 0.391 e. The molecule has 0 amide bonds. The summed E-state index contributed by atoms with van der Waals surface area (Å²) in [6.07, 6.45) is 2.74. The Kier molecular flexibility index (Phi) is 7.87. The van der Waals surface area contributed by atoms with E-state index < -0.39 is 0 Å². The normalized spacial score (nSPS) is 22.3. The standard InChI is InChI=1S/C28H28Cl2N2O/c1-3-17-32-27(22-9-13-24(29)14-10-22)18-26(31-33-19-21-7-5-4-6-8-21)20(2)28(32)23-11-15-25(30)16-12-23/h3-16,20,27-28H,1,17-19H2,2H3/b31-26+. The van der Waals surface area contributed by atoms with Gasteiger partial charge in [0.25, 0.3) is 0 Å². The Hall–Kier alpha value is -2.59. The molecule has 1 aliphatic heterocycles. The molecule has 3 aromatic carbocycles. The van der Waals surface area contributed by atoms with E-state index in [4.69, 9.17) is 28.0 Å². The monoisotopic (exact) mass is 478 g/mol. The van der Waals surface area contributed by atoms with Crippen LogP contribution in [0.4, 0.5) is 0 Å². The highest BCUT2D eigenvalue weighted by atomic mass is 35.5. The van der Waals surface area contributed by atoms with Gasteiger partial charge in [0, 0.05) is 41.0 Å². The molecule has 0 bridgehead atoms. The molecule has 3 atom stereocenters. The summed E-state index contributed by atoms with van der Waals surface area (Å²) in [7, 11) is 0. The SMILES string of the molecule is C=CCN1C(c2ccc(Cl)cc2)C/C(=N\OCc2ccccc2)C(C)C1c1ccc(Cl)cc1. The van der Waals surface area contributed by atoms with Gasteiger partial charge < -0.3 is 4.84 Å². The minimum atomic E-state index is 0.105. The van der Waals surface area contributed by atoms with Crippen molar-refractivity contribution in [1.82, 2.24) is 4.90 Å². The van der Waals surface area contributed by atoms with Crippen molar-refractivity contribution in [3.8, 4) is 0 Å². The maximum absolute atomic E-state index is 6.19. The summed E-state index contributed by atoms with van der Waals surface area (Å²) in [5.74, 6) is 0.158. The lowest BCUT2D eigenvalue weighted by Gasteiger charge is -2.46. The Morgan fingerprint density at radius 1 is 0.939 bits per heavy atom.